The molecule has 0 aliphatic rings. The summed E-state index contributed by atoms with van der Waals surface area (Å²) in [5, 5.41) is 23.9. The number of aryl methyl sites for hydroxylation is 2. The first-order valence-corrected chi connectivity index (χ1v) is 15.0. The van der Waals surface area contributed by atoms with Crippen LogP contribution in [0.4, 0.5) is 10.3 Å². The highest BCUT2D eigenvalue weighted by Gasteiger charge is 2.13. The van der Waals surface area contributed by atoms with Crippen LogP contribution in [0.2, 0.25) is 0 Å². The van der Waals surface area contributed by atoms with Gasteiger partial charge in [-0.2, -0.15) is 0 Å². The van der Waals surface area contributed by atoms with Crippen LogP contribution >= 0.6 is 22.7 Å². The highest BCUT2D eigenvalue weighted by atomic mass is 32.2. The Morgan fingerprint density at radius 1 is 0.868 bits per heavy atom. The molecule has 0 saturated heterocycles. The van der Waals surface area contributed by atoms with E-state index in [1.807, 2.05) is 44.2 Å². The van der Waals surface area contributed by atoms with E-state index in [-0.39, 0.29) is 24.7 Å². The van der Waals surface area contributed by atoms with Crippen molar-refractivity contribution in [1.29, 1.82) is 0 Å². The Balaban J connectivity index is 1.74. The molecule has 1 atom stereocenters. The van der Waals surface area contributed by atoms with Crippen molar-refractivity contribution < 1.29 is 13.8 Å². The van der Waals surface area contributed by atoms with Gasteiger partial charge in [0.25, 0.3) is 0 Å². The van der Waals surface area contributed by atoms with Gasteiger partial charge in [0.1, 0.15) is 10.0 Å². The van der Waals surface area contributed by atoms with Crippen LogP contribution in [0.1, 0.15) is 36.7 Å². The van der Waals surface area contributed by atoms with Crippen molar-refractivity contribution in [3.8, 4) is 0 Å². The molecule has 2 heterocycles. The van der Waals surface area contributed by atoms with E-state index in [2.05, 4.69) is 44.2 Å². The molecule has 2 rings (SSSR count). The molecule has 202 valence electrons. The van der Waals surface area contributed by atoms with E-state index in [0.29, 0.717) is 44.6 Å². The van der Waals surface area contributed by atoms with Crippen LogP contribution in [-0.4, -0.2) is 47.9 Å². The number of hydrogen-bond acceptors (Lipinski definition) is 9. The topological polar surface area (TPSA) is 127 Å². The van der Waals surface area contributed by atoms with Crippen LogP contribution in [0, 0.1) is 0 Å². The number of amides is 2. The number of aromatic nitrogens is 4. The Kier molecular flexibility index (Phi) is 14.0. The van der Waals surface area contributed by atoms with Gasteiger partial charge in [-0.05, 0) is 25.0 Å². The average molecular weight is 573 g/mol. The highest BCUT2D eigenvalue weighted by Crippen LogP contribution is 2.19. The second kappa shape index (κ2) is 17.2. The lowest BCUT2D eigenvalue weighted by molar-refractivity contribution is -0.116. The quantitative estimate of drug-likeness (QED) is 0.272. The van der Waals surface area contributed by atoms with Gasteiger partial charge in [0.15, 0.2) is 0 Å². The normalized spacial score (nSPS) is 13.1. The third kappa shape index (κ3) is 11.8. The van der Waals surface area contributed by atoms with E-state index >= 15 is 0 Å². The number of carbonyl (C=O) groups is 2. The van der Waals surface area contributed by atoms with Gasteiger partial charge in [-0.3, -0.25) is 13.8 Å². The lowest BCUT2D eigenvalue weighted by atomic mass is 10.1. The Bertz CT molecular complexity index is 1260. The summed E-state index contributed by atoms with van der Waals surface area (Å²) in [6, 6.07) is 0. The van der Waals surface area contributed by atoms with Gasteiger partial charge >= 0.3 is 0 Å². The molecule has 9 nitrogen and oxygen atoms in total. The predicted molar refractivity (Wildman–Crippen MR) is 158 cm³/mol. The molecule has 2 N–H and O–H groups in total. The molecule has 12 heteroatoms. The number of hydrogen-bond donors (Lipinski definition) is 2. The zero-order valence-electron chi connectivity index (χ0n) is 21.5. The summed E-state index contributed by atoms with van der Waals surface area (Å²) in [6.45, 7) is 11.1. The molecule has 2 aromatic rings. The van der Waals surface area contributed by atoms with Crippen LogP contribution in [0.25, 0.3) is 0 Å². The van der Waals surface area contributed by atoms with E-state index in [9.17, 15) is 13.8 Å². The maximum atomic E-state index is 12.5. The molecule has 38 heavy (non-hydrogen) atoms. The second-order valence-corrected chi connectivity index (χ2v) is 11.6. The molecule has 0 aromatic carbocycles. The summed E-state index contributed by atoms with van der Waals surface area (Å²) in [7, 11) is -1.09. The maximum absolute atomic E-state index is 12.5. The molecule has 0 radical (unpaired) electrons. The SMILES string of the molecule is C=C/C=C\C(=C/C)CC(=O)Nc1nnc(CCS(=O)CCc2nnc(NC(=O)C/C(C=C)=C/C=C\C)s2)s1. The van der Waals surface area contributed by atoms with E-state index < -0.39 is 10.8 Å². The minimum Gasteiger partial charge on any atom is -0.300 e. The van der Waals surface area contributed by atoms with Crippen LogP contribution in [0.3, 0.4) is 0 Å². The molecule has 1 unspecified atom stereocenters. The zero-order valence-corrected chi connectivity index (χ0v) is 24.0. The smallest absolute Gasteiger partial charge is 0.230 e. The van der Waals surface area contributed by atoms with E-state index in [1.54, 1.807) is 18.2 Å². The first kappa shape index (κ1) is 30.9. The lowest BCUT2D eigenvalue weighted by Crippen LogP contribution is -2.11. The summed E-state index contributed by atoms with van der Waals surface area (Å²) in [4.78, 5) is 24.5. The molecule has 0 spiro atoms. The molecule has 0 fully saturated rings. The summed E-state index contributed by atoms with van der Waals surface area (Å²) < 4.78 is 12.5. The highest BCUT2D eigenvalue weighted by molar-refractivity contribution is 7.84. The van der Waals surface area contributed by atoms with Gasteiger partial charge in [-0.25, -0.2) is 0 Å². The summed E-state index contributed by atoms with van der Waals surface area (Å²) in [5.74, 6) is 0.452. The first-order valence-electron chi connectivity index (χ1n) is 11.8. The molecule has 0 saturated carbocycles. The van der Waals surface area contributed by atoms with Gasteiger partial charge in [-0.15, -0.1) is 20.4 Å². The van der Waals surface area contributed by atoms with Gasteiger partial charge in [0.2, 0.25) is 22.1 Å². The van der Waals surface area contributed by atoms with Gasteiger partial charge < -0.3 is 10.6 Å². The van der Waals surface area contributed by atoms with Crippen LogP contribution in [0.5, 0.6) is 0 Å². The van der Waals surface area contributed by atoms with Crippen molar-refractivity contribution in [2.45, 2.75) is 39.5 Å². The van der Waals surface area contributed by atoms with E-state index in [0.717, 1.165) is 11.1 Å². The minimum absolute atomic E-state index is 0.183. The predicted octanol–water partition coefficient (Wildman–Crippen LogP) is 4.96. The summed E-state index contributed by atoms with van der Waals surface area (Å²) >= 11 is 2.54. The number of allylic oxidation sites excluding steroid dienone is 8. The molecule has 0 aliphatic carbocycles. The van der Waals surface area contributed by atoms with Crippen LogP contribution in [-0.2, 0) is 33.2 Å². The Morgan fingerprint density at radius 2 is 1.42 bits per heavy atom. The monoisotopic (exact) mass is 572 g/mol. The Hall–Kier alpha value is -3.35. The van der Waals surface area contributed by atoms with Crippen LogP contribution in [0.15, 0.2) is 72.9 Å². The van der Waals surface area contributed by atoms with Crippen molar-refractivity contribution in [1.82, 2.24) is 20.4 Å². The number of rotatable bonds is 16. The van der Waals surface area contributed by atoms with Crippen molar-refractivity contribution in [2.75, 3.05) is 22.1 Å². The van der Waals surface area contributed by atoms with Gasteiger partial charge in [0, 0.05) is 35.1 Å². The van der Waals surface area contributed by atoms with Gasteiger partial charge in [0.05, 0.1) is 12.8 Å². The molecule has 2 amide bonds. The molecular formula is C26H32N6O3S3. The van der Waals surface area contributed by atoms with Crippen LogP contribution < -0.4 is 10.6 Å². The third-order valence-corrected chi connectivity index (χ3v) is 7.94. The van der Waals surface area contributed by atoms with Crippen molar-refractivity contribution in [3.05, 3.63) is 82.9 Å². The van der Waals surface area contributed by atoms with Gasteiger partial charge in [-0.1, -0.05) is 84.4 Å². The molecular weight excluding hydrogens is 541 g/mol. The number of anilines is 2. The molecule has 2 aromatic heterocycles. The fourth-order valence-electron chi connectivity index (χ4n) is 2.88. The molecule has 0 bridgehead atoms. The Labute approximate surface area is 233 Å². The standard InChI is InChI=1S/C26H32N6O3S3/c1-5-9-11-19(7-3)17-21(33)27-25-31-29-23(36-25)13-15-38(35)16-14-24-30-32-26(37-24)28-22(34)18-20(8-4)12-10-6-2/h5-12H,1,4,13-18H2,2-3H3,(H,27,31,33)(H,28,32,34)/b10-6-,11-9-,19-7+,20-12+. The largest absolute Gasteiger partial charge is 0.300 e. The lowest BCUT2D eigenvalue weighted by Gasteiger charge is -2.01. The fraction of sp³-hybridized carbons (Fsp3) is 0.308. The third-order valence-electron chi connectivity index (χ3n) is 4.83. The average Bonchev–Trinajstić information content (AvgIpc) is 3.55. The maximum Gasteiger partial charge on any atom is 0.230 e. The summed E-state index contributed by atoms with van der Waals surface area (Å²) in [6.07, 6.45) is 15.7. The second-order valence-electron chi connectivity index (χ2n) is 7.73. The number of nitrogens with zero attached hydrogens (tertiary/aromatic N) is 4. The van der Waals surface area contributed by atoms with E-state index in [4.69, 9.17) is 0 Å². The fourth-order valence-corrected chi connectivity index (χ4v) is 5.70. The minimum atomic E-state index is -1.09. The molecule has 0 aliphatic heterocycles. The first-order chi connectivity index (χ1) is 18.4. The zero-order chi connectivity index (χ0) is 27.8. The Morgan fingerprint density at radius 3 is 1.89 bits per heavy atom. The summed E-state index contributed by atoms with van der Waals surface area (Å²) in [5.41, 5.74) is 1.66. The van der Waals surface area contributed by atoms with Crippen molar-refractivity contribution >= 4 is 55.6 Å². The number of carbonyl (C=O) groups excluding carboxylic acids is 2. The van der Waals surface area contributed by atoms with Crippen molar-refractivity contribution in [2.24, 2.45) is 0 Å². The number of nitrogens with one attached hydrogen (secondary N) is 2. The van der Waals surface area contributed by atoms with E-state index in [1.165, 1.54) is 22.7 Å². The van der Waals surface area contributed by atoms with Crippen molar-refractivity contribution in [3.63, 3.8) is 0 Å².